The van der Waals surface area contributed by atoms with Crippen molar-refractivity contribution in [2.24, 2.45) is 0 Å². The average Bonchev–Trinajstić information content (AvgIpc) is 2.70. The highest BCUT2D eigenvalue weighted by Crippen LogP contribution is 2.20. The highest BCUT2D eigenvalue weighted by molar-refractivity contribution is 7.11. The van der Waals surface area contributed by atoms with E-state index in [0.29, 0.717) is 6.04 Å². The molecule has 0 amide bonds. The van der Waals surface area contributed by atoms with Crippen molar-refractivity contribution in [1.82, 2.24) is 9.88 Å². The van der Waals surface area contributed by atoms with Gasteiger partial charge in [-0.2, -0.15) is 0 Å². The van der Waals surface area contributed by atoms with Crippen LogP contribution in [0.15, 0.2) is 5.38 Å². The van der Waals surface area contributed by atoms with Crippen LogP contribution in [-0.2, 0) is 6.54 Å². The maximum absolute atomic E-state index is 10.7. The minimum atomic E-state index is -0.928. The first-order valence-electron chi connectivity index (χ1n) is 5.58. The van der Waals surface area contributed by atoms with Gasteiger partial charge in [0.15, 0.2) is 0 Å². The van der Waals surface area contributed by atoms with Crippen molar-refractivity contribution in [2.45, 2.75) is 38.8 Å². The number of hydrogen-bond acceptors (Lipinski definition) is 4. The number of piperidine rings is 1. The van der Waals surface area contributed by atoms with Gasteiger partial charge in [0.05, 0.1) is 5.69 Å². The Balaban J connectivity index is 1.99. The lowest BCUT2D eigenvalue weighted by atomic mass is 10.0. The van der Waals surface area contributed by atoms with Gasteiger partial charge in [0, 0.05) is 18.0 Å². The van der Waals surface area contributed by atoms with Crippen LogP contribution < -0.4 is 0 Å². The van der Waals surface area contributed by atoms with E-state index in [1.165, 1.54) is 30.6 Å². The SMILES string of the molecule is CC1CCCCN1Cc1csc(C(=O)O)n1. The van der Waals surface area contributed by atoms with E-state index in [1.807, 2.05) is 5.38 Å². The molecule has 1 N–H and O–H groups in total. The minimum absolute atomic E-state index is 0.194. The lowest BCUT2D eigenvalue weighted by Gasteiger charge is -2.32. The Bertz CT molecular complexity index is 378. The van der Waals surface area contributed by atoms with Crippen molar-refractivity contribution >= 4 is 17.3 Å². The minimum Gasteiger partial charge on any atom is -0.476 e. The molecule has 1 fully saturated rings. The van der Waals surface area contributed by atoms with Crippen LogP contribution in [0.3, 0.4) is 0 Å². The molecule has 0 aromatic carbocycles. The topological polar surface area (TPSA) is 53.4 Å². The lowest BCUT2D eigenvalue weighted by molar-refractivity contribution is 0.0696. The van der Waals surface area contributed by atoms with Crippen LogP contribution in [0.1, 0.15) is 41.7 Å². The highest BCUT2D eigenvalue weighted by atomic mass is 32.1. The van der Waals surface area contributed by atoms with Gasteiger partial charge in [-0.25, -0.2) is 9.78 Å². The van der Waals surface area contributed by atoms with Crippen LogP contribution in [0.25, 0.3) is 0 Å². The largest absolute Gasteiger partial charge is 0.476 e. The van der Waals surface area contributed by atoms with Gasteiger partial charge < -0.3 is 5.11 Å². The zero-order valence-corrected chi connectivity index (χ0v) is 10.2. The fourth-order valence-electron chi connectivity index (χ4n) is 2.08. The summed E-state index contributed by atoms with van der Waals surface area (Å²) < 4.78 is 0. The van der Waals surface area contributed by atoms with E-state index in [9.17, 15) is 4.79 Å². The maximum Gasteiger partial charge on any atom is 0.365 e. The predicted octanol–water partition coefficient (Wildman–Crippen LogP) is 2.22. The molecule has 0 radical (unpaired) electrons. The summed E-state index contributed by atoms with van der Waals surface area (Å²) in [5.74, 6) is -0.928. The summed E-state index contributed by atoms with van der Waals surface area (Å²) in [4.78, 5) is 17.2. The predicted molar refractivity (Wildman–Crippen MR) is 62.8 cm³/mol. The maximum atomic E-state index is 10.7. The summed E-state index contributed by atoms with van der Waals surface area (Å²) in [6.45, 7) is 4.11. The standard InChI is InChI=1S/C11H16N2O2S/c1-8-4-2-3-5-13(8)6-9-7-16-10(12-9)11(14)15/h7-8H,2-6H2,1H3,(H,14,15). The zero-order valence-electron chi connectivity index (χ0n) is 9.35. The smallest absolute Gasteiger partial charge is 0.365 e. The molecule has 88 valence electrons. The summed E-state index contributed by atoms with van der Waals surface area (Å²) in [5, 5.41) is 10.8. The van der Waals surface area contributed by atoms with E-state index < -0.39 is 5.97 Å². The zero-order chi connectivity index (χ0) is 11.5. The Hall–Kier alpha value is -0.940. The third kappa shape index (κ3) is 2.59. The molecule has 4 nitrogen and oxygen atoms in total. The molecule has 1 aromatic heterocycles. The van der Waals surface area contributed by atoms with Crippen LogP contribution in [0.5, 0.6) is 0 Å². The van der Waals surface area contributed by atoms with Crippen molar-refractivity contribution in [3.63, 3.8) is 0 Å². The average molecular weight is 240 g/mol. The molecule has 16 heavy (non-hydrogen) atoms. The molecule has 1 unspecified atom stereocenters. The van der Waals surface area contributed by atoms with Gasteiger partial charge in [0.2, 0.25) is 5.01 Å². The van der Waals surface area contributed by atoms with Gasteiger partial charge in [0.25, 0.3) is 0 Å². The fraction of sp³-hybridized carbons (Fsp3) is 0.636. The first kappa shape index (κ1) is 11.5. The van der Waals surface area contributed by atoms with Crippen LogP contribution >= 0.6 is 11.3 Å². The van der Waals surface area contributed by atoms with E-state index in [-0.39, 0.29) is 5.01 Å². The Morgan fingerprint density at radius 3 is 3.12 bits per heavy atom. The van der Waals surface area contributed by atoms with E-state index in [2.05, 4.69) is 16.8 Å². The first-order valence-corrected chi connectivity index (χ1v) is 6.46. The lowest BCUT2D eigenvalue weighted by Crippen LogP contribution is -2.36. The second-order valence-electron chi connectivity index (χ2n) is 4.26. The molecular formula is C11H16N2O2S. The molecule has 0 saturated carbocycles. The molecule has 1 atom stereocenters. The monoisotopic (exact) mass is 240 g/mol. The van der Waals surface area contributed by atoms with Crippen molar-refractivity contribution in [1.29, 1.82) is 0 Å². The molecule has 1 aromatic rings. The van der Waals surface area contributed by atoms with Gasteiger partial charge in [-0.1, -0.05) is 6.42 Å². The third-order valence-corrected chi connectivity index (χ3v) is 3.92. The number of carbonyl (C=O) groups is 1. The van der Waals surface area contributed by atoms with Crippen LogP contribution in [-0.4, -0.2) is 33.5 Å². The summed E-state index contributed by atoms with van der Waals surface area (Å²) in [6.07, 6.45) is 3.77. The fourth-order valence-corrected chi connectivity index (χ4v) is 2.72. The van der Waals surface area contributed by atoms with Gasteiger partial charge in [0.1, 0.15) is 0 Å². The Labute approximate surface area is 98.9 Å². The van der Waals surface area contributed by atoms with Crippen molar-refractivity contribution in [3.8, 4) is 0 Å². The van der Waals surface area contributed by atoms with E-state index in [4.69, 9.17) is 5.11 Å². The molecule has 1 saturated heterocycles. The summed E-state index contributed by atoms with van der Waals surface area (Å²) in [7, 11) is 0. The Kier molecular flexibility index (Phi) is 3.56. The number of carboxylic acid groups (broad SMARTS) is 1. The van der Waals surface area contributed by atoms with Crippen molar-refractivity contribution in [2.75, 3.05) is 6.54 Å². The van der Waals surface area contributed by atoms with Gasteiger partial charge >= 0.3 is 5.97 Å². The van der Waals surface area contributed by atoms with Crippen molar-refractivity contribution < 1.29 is 9.90 Å². The molecule has 1 aliphatic heterocycles. The molecule has 1 aliphatic rings. The molecule has 2 heterocycles. The quantitative estimate of drug-likeness (QED) is 0.880. The molecule has 0 aliphatic carbocycles. The van der Waals surface area contributed by atoms with Crippen molar-refractivity contribution in [3.05, 3.63) is 16.1 Å². The second kappa shape index (κ2) is 4.93. The number of aromatic carboxylic acids is 1. The summed E-state index contributed by atoms with van der Waals surface area (Å²) >= 11 is 1.21. The number of likely N-dealkylation sites (tertiary alicyclic amines) is 1. The summed E-state index contributed by atoms with van der Waals surface area (Å²) in [5.41, 5.74) is 0.885. The summed E-state index contributed by atoms with van der Waals surface area (Å²) in [6, 6.07) is 0.587. The highest BCUT2D eigenvalue weighted by Gasteiger charge is 2.19. The first-order chi connectivity index (χ1) is 7.66. The molecular weight excluding hydrogens is 224 g/mol. The van der Waals surface area contributed by atoms with E-state index in [0.717, 1.165) is 18.8 Å². The Morgan fingerprint density at radius 2 is 2.50 bits per heavy atom. The number of carboxylic acids is 1. The van der Waals surface area contributed by atoms with Gasteiger partial charge in [-0.15, -0.1) is 11.3 Å². The molecule has 5 heteroatoms. The molecule has 2 rings (SSSR count). The molecule has 0 spiro atoms. The van der Waals surface area contributed by atoms with Crippen LogP contribution in [0.2, 0.25) is 0 Å². The second-order valence-corrected chi connectivity index (χ2v) is 5.12. The van der Waals surface area contributed by atoms with Crippen LogP contribution in [0.4, 0.5) is 0 Å². The third-order valence-electron chi connectivity index (χ3n) is 3.04. The Morgan fingerprint density at radius 1 is 1.69 bits per heavy atom. The van der Waals surface area contributed by atoms with E-state index in [1.54, 1.807) is 0 Å². The number of thiazole rings is 1. The number of rotatable bonds is 3. The number of aromatic nitrogens is 1. The number of hydrogen-bond donors (Lipinski definition) is 1. The normalized spacial score (nSPS) is 22.2. The molecule has 0 bridgehead atoms. The van der Waals surface area contributed by atoms with Gasteiger partial charge in [-0.3, -0.25) is 4.90 Å². The van der Waals surface area contributed by atoms with Crippen LogP contribution in [0, 0.1) is 0 Å². The number of nitrogens with zero attached hydrogens (tertiary/aromatic N) is 2. The van der Waals surface area contributed by atoms with E-state index >= 15 is 0 Å². The van der Waals surface area contributed by atoms with Gasteiger partial charge in [-0.05, 0) is 26.3 Å².